The minimum atomic E-state index is -4.33. The highest BCUT2D eigenvalue weighted by molar-refractivity contribution is 7.85. The molecule has 48 heavy (non-hydrogen) atoms. The Morgan fingerprint density at radius 3 is 1.92 bits per heavy atom. The number of nitrogens with two attached hydrogens (primary N) is 2. The number of ketones is 1. The smallest absolute Gasteiger partial charge is 0.339 e. The van der Waals surface area contributed by atoms with Crippen molar-refractivity contribution in [1.29, 1.82) is 0 Å². The van der Waals surface area contributed by atoms with Crippen LogP contribution in [0.2, 0.25) is 0 Å². The number of carbonyl (C=O) groups excluding carboxylic acids is 1. The van der Waals surface area contributed by atoms with Gasteiger partial charge in [0.1, 0.15) is 16.9 Å². The van der Waals surface area contributed by atoms with Crippen LogP contribution in [-0.2, 0) is 19.7 Å². The molecule has 0 aromatic heterocycles. The quantitative estimate of drug-likeness (QED) is 0.0303. The van der Waals surface area contributed by atoms with Gasteiger partial charge in [-0.15, -0.1) is 10.2 Å². The molecule has 4 aromatic rings. The number of allylic oxidation sites excluding steroid dienone is 3. The van der Waals surface area contributed by atoms with Gasteiger partial charge in [-0.2, -0.15) is 23.7 Å². The average Bonchev–Trinajstić information content (AvgIpc) is 3.06. The number of carboxylic acid groups (broad SMARTS) is 1. The number of nitrogens with one attached hydrogen (secondary N) is 1. The van der Waals surface area contributed by atoms with Crippen LogP contribution >= 0.6 is 0 Å². The van der Waals surface area contributed by atoms with Gasteiger partial charge in [0.15, 0.2) is 5.78 Å². The highest BCUT2D eigenvalue weighted by Gasteiger charge is 2.23. The predicted molar refractivity (Wildman–Crippen MR) is 182 cm³/mol. The van der Waals surface area contributed by atoms with Crippen molar-refractivity contribution in [1.82, 2.24) is 0 Å². The molecule has 7 N–H and O–H groups in total. The van der Waals surface area contributed by atoms with Gasteiger partial charge in [0.05, 0.1) is 39.0 Å². The normalized spacial score (nSPS) is 14.4. The van der Waals surface area contributed by atoms with Gasteiger partial charge in [0.25, 0.3) is 10.1 Å². The third-order valence-electron chi connectivity index (χ3n) is 7.13. The van der Waals surface area contributed by atoms with Gasteiger partial charge >= 0.3 is 5.97 Å². The summed E-state index contributed by atoms with van der Waals surface area (Å²) in [5.74, 6) is -1.84. The molecule has 0 spiro atoms. The number of Topliss-reactive ketones (excluding diaryl/α,β-unsaturated/α-hetero) is 1. The van der Waals surface area contributed by atoms with E-state index in [1.54, 1.807) is 25.1 Å². The zero-order valence-corrected chi connectivity index (χ0v) is 26.3. The van der Waals surface area contributed by atoms with Crippen LogP contribution in [-0.4, -0.2) is 35.5 Å². The van der Waals surface area contributed by atoms with Crippen molar-refractivity contribution in [2.45, 2.75) is 18.7 Å². The molecule has 1 aliphatic carbocycles. The van der Waals surface area contributed by atoms with Crippen molar-refractivity contribution in [3.8, 4) is 11.1 Å². The monoisotopic (exact) mass is 664 g/mol. The zero-order valence-electron chi connectivity index (χ0n) is 25.5. The molecule has 0 atom stereocenters. The summed E-state index contributed by atoms with van der Waals surface area (Å²) in [5.41, 5.74) is 20.7. The number of carboxylic acids is 1. The Morgan fingerprint density at radius 1 is 0.771 bits per heavy atom. The van der Waals surface area contributed by atoms with Crippen LogP contribution in [0.15, 0.2) is 133 Å². The summed E-state index contributed by atoms with van der Waals surface area (Å²) in [4.78, 5) is 23.1. The van der Waals surface area contributed by atoms with Crippen LogP contribution in [0.25, 0.3) is 11.1 Å². The Labute approximate surface area is 274 Å². The van der Waals surface area contributed by atoms with Crippen molar-refractivity contribution in [2.24, 2.45) is 25.6 Å². The number of hydrogen-bond acceptors (Lipinski definition) is 12. The number of carbonyl (C=O) groups is 2. The summed E-state index contributed by atoms with van der Waals surface area (Å²) in [6, 6.07) is 21.5. The number of hydrogen-bond donors (Lipinski definition) is 5. The molecule has 0 radical (unpaired) electrons. The fourth-order valence-electron chi connectivity index (χ4n) is 4.47. The molecule has 0 bridgehead atoms. The fraction of sp³-hybridized carbons (Fsp3) is 0.0606. The van der Waals surface area contributed by atoms with Gasteiger partial charge in [0, 0.05) is 0 Å². The summed E-state index contributed by atoms with van der Waals surface area (Å²) >= 11 is 0. The average molecular weight is 665 g/mol. The summed E-state index contributed by atoms with van der Waals surface area (Å²) in [5, 5.41) is 30.3. The van der Waals surface area contributed by atoms with E-state index in [0.29, 0.717) is 34.0 Å². The third-order valence-corrected chi connectivity index (χ3v) is 7.99. The lowest BCUT2D eigenvalue weighted by Gasteiger charge is -2.10. The number of nitrogen functional groups attached to an aromatic ring is 2. The van der Waals surface area contributed by atoms with Gasteiger partial charge in [0.2, 0.25) is 0 Å². The Hall–Kier alpha value is -6.32. The number of rotatable bonds is 9. The van der Waals surface area contributed by atoms with Gasteiger partial charge in [-0.3, -0.25) is 14.8 Å². The molecule has 5 rings (SSSR count). The zero-order chi connectivity index (χ0) is 34.6. The molecule has 0 heterocycles. The molecule has 242 valence electrons. The Balaban J connectivity index is 1.28. The molecule has 0 fully saturated rings. The number of anilines is 3. The first-order chi connectivity index (χ1) is 22.8. The largest absolute Gasteiger partial charge is 0.478 e. The van der Waals surface area contributed by atoms with Crippen LogP contribution in [0.3, 0.4) is 0 Å². The maximum absolute atomic E-state index is 12.0. The number of benzene rings is 4. The summed E-state index contributed by atoms with van der Waals surface area (Å²) in [6.07, 6.45) is 2.74. The van der Waals surface area contributed by atoms with Crippen molar-refractivity contribution in [2.75, 3.05) is 16.9 Å². The van der Waals surface area contributed by atoms with Crippen LogP contribution in [0.4, 0.5) is 39.8 Å². The van der Waals surface area contributed by atoms with Crippen LogP contribution < -0.4 is 16.9 Å². The minimum absolute atomic E-state index is 0.150. The van der Waals surface area contributed by atoms with Gasteiger partial charge < -0.3 is 16.6 Å². The number of nitrogens with zero attached hydrogens (tertiary/aromatic N) is 5. The van der Waals surface area contributed by atoms with Crippen molar-refractivity contribution >= 4 is 67.4 Å². The summed E-state index contributed by atoms with van der Waals surface area (Å²) in [7, 11) is -4.33. The van der Waals surface area contributed by atoms with Crippen LogP contribution in [0, 0.1) is 6.92 Å². The van der Waals surface area contributed by atoms with E-state index in [1.165, 1.54) is 43.3 Å². The van der Waals surface area contributed by atoms with Gasteiger partial charge in [-0.25, -0.2) is 4.79 Å². The highest BCUT2D eigenvalue weighted by atomic mass is 32.2. The molecular weight excluding hydrogens is 636 g/mol. The SMILES string of the molecule is CC1=CC(=NNc2ccc(-c3ccc(N=Nc4c(N)c(C)cc(N=Nc5ccc(S(=O)(=O)O)cc5)c4N)cc3)cc2)C=C(C(=O)O)C1=O. The van der Waals surface area contributed by atoms with E-state index in [9.17, 15) is 23.1 Å². The van der Waals surface area contributed by atoms with Crippen molar-refractivity contribution in [3.63, 3.8) is 0 Å². The number of aryl methyl sites for hydroxylation is 1. The second-order valence-corrected chi connectivity index (χ2v) is 12.0. The first-order valence-electron chi connectivity index (χ1n) is 14.1. The fourth-order valence-corrected chi connectivity index (χ4v) is 4.95. The Bertz CT molecular complexity index is 2190. The van der Waals surface area contributed by atoms with E-state index < -0.39 is 21.9 Å². The van der Waals surface area contributed by atoms with E-state index in [0.717, 1.165) is 11.1 Å². The highest BCUT2D eigenvalue weighted by Crippen LogP contribution is 2.41. The molecular formula is C33H28N8O6S. The number of aliphatic carboxylic acids is 1. The Kier molecular flexibility index (Phi) is 9.35. The van der Waals surface area contributed by atoms with E-state index >= 15 is 0 Å². The Morgan fingerprint density at radius 2 is 1.33 bits per heavy atom. The second-order valence-electron chi connectivity index (χ2n) is 10.5. The molecule has 4 aromatic carbocycles. The van der Waals surface area contributed by atoms with Crippen molar-refractivity contribution < 1.29 is 27.7 Å². The maximum atomic E-state index is 12.0. The first kappa shape index (κ1) is 33.1. The summed E-state index contributed by atoms with van der Waals surface area (Å²) in [6.45, 7) is 3.30. The predicted octanol–water partition coefficient (Wildman–Crippen LogP) is 7.21. The molecule has 0 saturated heterocycles. The number of azo groups is 2. The van der Waals surface area contributed by atoms with Crippen molar-refractivity contribution in [3.05, 3.63) is 108 Å². The lowest BCUT2D eigenvalue weighted by Crippen LogP contribution is -2.19. The molecule has 0 saturated carbocycles. The molecule has 1 aliphatic rings. The first-order valence-corrected chi connectivity index (χ1v) is 15.6. The number of hydrazone groups is 1. The second kappa shape index (κ2) is 13.6. The van der Waals surface area contributed by atoms with E-state index in [-0.39, 0.29) is 33.1 Å². The van der Waals surface area contributed by atoms with Crippen LogP contribution in [0.5, 0.6) is 0 Å². The minimum Gasteiger partial charge on any atom is -0.478 e. The van der Waals surface area contributed by atoms with Gasteiger partial charge in [-0.1, -0.05) is 24.3 Å². The van der Waals surface area contributed by atoms with Gasteiger partial charge in [-0.05, 0) is 103 Å². The third kappa shape index (κ3) is 7.55. The standard InChI is InChI=1S/C33H28N8O6S/c1-18-16-28(40-37-24-11-13-26(14-12-24)48(45,46)47)30(35)31(29(18)34)41-38-23-9-5-21(6-10-23)20-3-7-22(8-4-20)36-39-25-15-19(2)32(42)27(17-25)33(43)44/h3-17,36H,34-35H2,1-2H3,(H,43,44)(H,45,46,47). The van der Waals surface area contributed by atoms with Crippen LogP contribution in [0.1, 0.15) is 12.5 Å². The lowest BCUT2D eigenvalue weighted by molar-refractivity contribution is -0.134. The topological polar surface area (TPSA) is 235 Å². The molecule has 0 aliphatic heterocycles. The summed E-state index contributed by atoms with van der Waals surface area (Å²) < 4.78 is 31.7. The molecule has 0 amide bonds. The van der Waals surface area contributed by atoms with E-state index in [1.807, 2.05) is 36.4 Å². The molecule has 15 heteroatoms. The maximum Gasteiger partial charge on any atom is 0.339 e. The molecule has 0 unspecified atom stereocenters. The van der Waals surface area contributed by atoms with E-state index in [4.69, 9.17) is 16.0 Å². The molecule has 14 nitrogen and oxygen atoms in total. The lowest BCUT2D eigenvalue weighted by atomic mass is 9.97. The van der Waals surface area contributed by atoms with E-state index in [2.05, 4.69) is 31.0 Å².